The van der Waals surface area contributed by atoms with Crippen LogP contribution in [0, 0.1) is 11.6 Å². The summed E-state index contributed by atoms with van der Waals surface area (Å²) in [4.78, 5) is 26.1. The van der Waals surface area contributed by atoms with E-state index < -0.39 is 0 Å². The first-order chi connectivity index (χ1) is 17.0. The third-order valence-electron chi connectivity index (χ3n) is 5.83. The lowest BCUT2D eigenvalue weighted by atomic mass is 10.2. The van der Waals surface area contributed by atoms with Crippen LogP contribution in [0.5, 0.6) is 0 Å². The second kappa shape index (κ2) is 9.91. The molecule has 1 amide bonds. The summed E-state index contributed by atoms with van der Waals surface area (Å²) in [6.07, 6.45) is 1.75. The molecule has 0 bridgehead atoms. The van der Waals surface area contributed by atoms with Gasteiger partial charge in [0.2, 0.25) is 5.91 Å². The molecule has 0 spiro atoms. The zero-order valence-corrected chi connectivity index (χ0v) is 20.2. The molecule has 10 heteroatoms. The van der Waals surface area contributed by atoms with E-state index in [1.54, 1.807) is 35.4 Å². The Morgan fingerprint density at radius 2 is 1.51 bits per heavy atom. The van der Waals surface area contributed by atoms with Crippen LogP contribution in [-0.4, -0.2) is 56.7 Å². The topological polar surface area (TPSA) is 67.2 Å². The summed E-state index contributed by atoms with van der Waals surface area (Å²) < 4.78 is 29.4. The SMILES string of the molecule is O=C(Cn1nc(-c2ccc(F)cc2)nc1-c1ccc(F)cc1)N1CCN(c2cc(Br)ccn2)CC1. The molecule has 0 saturated carbocycles. The number of pyridine rings is 1. The van der Waals surface area contributed by atoms with E-state index in [-0.39, 0.29) is 24.1 Å². The van der Waals surface area contributed by atoms with Gasteiger partial charge in [-0.05, 0) is 60.7 Å². The van der Waals surface area contributed by atoms with Crippen molar-refractivity contribution in [3.8, 4) is 22.8 Å². The maximum Gasteiger partial charge on any atom is 0.244 e. The van der Waals surface area contributed by atoms with Crippen LogP contribution in [-0.2, 0) is 11.3 Å². The molecule has 35 heavy (non-hydrogen) atoms. The van der Waals surface area contributed by atoms with Gasteiger partial charge in [0.05, 0.1) is 0 Å². The highest BCUT2D eigenvalue weighted by molar-refractivity contribution is 9.10. The normalized spacial score (nSPS) is 13.8. The van der Waals surface area contributed by atoms with E-state index in [9.17, 15) is 13.6 Å². The first kappa shape index (κ1) is 23.1. The summed E-state index contributed by atoms with van der Waals surface area (Å²) in [5.41, 5.74) is 1.25. The van der Waals surface area contributed by atoms with Gasteiger partial charge in [0.1, 0.15) is 24.0 Å². The van der Waals surface area contributed by atoms with E-state index in [4.69, 9.17) is 0 Å². The number of anilines is 1. The van der Waals surface area contributed by atoms with Crippen molar-refractivity contribution in [2.24, 2.45) is 0 Å². The van der Waals surface area contributed by atoms with Crippen LogP contribution in [0.1, 0.15) is 0 Å². The Morgan fingerprint density at radius 3 is 2.14 bits per heavy atom. The number of aromatic nitrogens is 4. The van der Waals surface area contributed by atoms with Crippen LogP contribution in [0.15, 0.2) is 71.3 Å². The molecule has 0 N–H and O–H groups in total. The van der Waals surface area contributed by atoms with Gasteiger partial charge in [-0.1, -0.05) is 15.9 Å². The Labute approximate surface area is 209 Å². The van der Waals surface area contributed by atoms with E-state index in [0.717, 1.165) is 10.3 Å². The van der Waals surface area contributed by atoms with Crippen molar-refractivity contribution in [1.29, 1.82) is 0 Å². The van der Waals surface area contributed by atoms with E-state index in [1.165, 1.54) is 28.9 Å². The number of benzene rings is 2. The molecule has 0 unspecified atom stereocenters. The van der Waals surface area contributed by atoms with Crippen LogP contribution in [0.3, 0.4) is 0 Å². The van der Waals surface area contributed by atoms with Gasteiger partial charge in [-0.2, -0.15) is 0 Å². The molecule has 1 saturated heterocycles. The molecule has 3 heterocycles. The average Bonchev–Trinajstić information content (AvgIpc) is 3.28. The second-order valence-electron chi connectivity index (χ2n) is 8.13. The number of hydrogen-bond donors (Lipinski definition) is 0. The zero-order chi connectivity index (χ0) is 24.4. The highest BCUT2D eigenvalue weighted by Crippen LogP contribution is 2.24. The number of piperazine rings is 1. The van der Waals surface area contributed by atoms with E-state index >= 15 is 0 Å². The van der Waals surface area contributed by atoms with Gasteiger partial charge < -0.3 is 9.80 Å². The van der Waals surface area contributed by atoms with Gasteiger partial charge in [-0.3, -0.25) is 4.79 Å². The van der Waals surface area contributed by atoms with Crippen molar-refractivity contribution in [3.05, 3.63) is 83.0 Å². The largest absolute Gasteiger partial charge is 0.353 e. The van der Waals surface area contributed by atoms with Gasteiger partial charge >= 0.3 is 0 Å². The van der Waals surface area contributed by atoms with E-state index in [2.05, 4.69) is 35.9 Å². The Balaban J connectivity index is 1.35. The van der Waals surface area contributed by atoms with Crippen LogP contribution < -0.4 is 4.90 Å². The van der Waals surface area contributed by atoms with Gasteiger partial charge in [0.25, 0.3) is 0 Å². The quantitative estimate of drug-likeness (QED) is 0.377. The molecule has 2 aromatic carbocycles. The van der Waals surface area contributed by atoms with Crippen molar-refractivity contribution in [2.75, 3.05) is 31.1 Å². The van der Waals surface area contributed by atoms with Crippen molar-refractivity contribution >= 4 is 27.7 Å². The number of halogens is 3. The molecule has 1 aliphatic heterocycles. The standard InChI is InChI=1S/C25H21BrF2N6O/c26-19-9-10-29-22(15-19)32-11-13-33(14-12-32)23(35)16-34-25(18-3-7-21(28)8-4-18)30-24(31-34)17-1-5-20(27)6-2-17/h1-10,15H,11-14,16H2. The van der Waals surface area contributed by atoms with Crippen molar-refractivity contribution in [2.45, 2.75) is 6.54 Å². The lowest BCUT2D eigenvalue weighted by molar-refractivity contribution is -0.132. The number of rotatable bonds is 5. The molecule has 7 nitrogen and oxygen atoms in total. The minimum absolute atomic E-state index is 0.0178. The lowest BCUT2D eigenvalue weighted by Gasteiger charge is -2.35. The number of nitrogens with zero attached hydrogens (tertiary/aromatic N) is 6. The van der Waals surface area contributed by atoms with Crippen LogP contribution in [0.2, 0.25) is 0 Å². The Bertz CT molecular complexity index is 1340. The van der Waals surface area contributed by atoms with E-state index in [1.807, 2.05) is 12.1 Å². The maximum absolute atomic E-state index is 13.5. The monoisotopic (exact) mass is 538 g/mol. The van der Waals surface area contributed by atoms with Gasteiger partial charge in [-0.25, -0.2) is 23.4 Å². The summed E-state index contributed by atoms with van der Waals surface area (Å²) in [5.74, 6) is 0.847. The fourth-order valence-corrected chi connectivity index (χ4v) is 4.29. The number of amides is 1. The van der Waals surface area contributed by atoms with Crippen LogP contribution in [0.4, 0.5) is 14.6 Å². The Kier molecular flexibility index (Phi) is 6.54. The van der Waals surface area contributed by atoms with Gasteiger partial charge in [-0.15, -0.1) is 5.10 Å². The smallest absolute Gasteiger partial charge is 0.244 e. The number of carbonyl (C=O) groups excluding carboxylic acids is 1. The molecule has 0 radical (unpaired) electrons. The molecular weight excluding hydrogens is 518 g/mol. The second-order valence-corrected chi connectivity index (χ2v) is 9.05. The summed E-state index contributed by atoms with van der Waals surface area (Å²) >= 11 is 3.47. The van der Waals surface area contributed by atoms with Gasteiger partial charge in [0.15, 0.2) is 11.6 Å². The predicted molar refractivity (Wildman–Crippen MR) is 132 cm³/mol. The van der Waals surface area contributed by atoms with E-state index in [0.29, 0.717) is 49.0 Å². The summed E-state index contributed by atoms with van der Waals surface area (Å²) in [6, 6.07) is 15.5. The summed E-state index contributed by atoms with van der Waals surface area (Å²) in [7, 11) is 0. The summed E-state index contributed by atoms with van der Waals surface area (Å²) in [5, 5.41) is 4.53. The molecular formula is C25H21BrF2N6O. The molecule has 2 aromatic heterocycles. The third kappa shape index (κ3) is 5.22. The Hall–Kier alpha value is -3.66. The zero-order valence-electron chi connectivity index (χ0n) is 18.6. The lowest BCUT2D eigenvalue weighted by Crippen LogP contribution is -2.50. The number of hydrogen-bond acceptors (Lipinski definition) is 5. The third-order valence-corrected chi connectivity index (χ3v) is 6.32. The molecule has 178 valence electrons. The fourth-order valence-electron chi connectivity index (χ4n) is 3.97. The molecule has 1 fully saturated rings. The minimum atomic E-state index is -0.368. The van der Waals surface area contributed by atoms with Gasteiger partial charge in [0, 0.05) is 48.0 Å². The molecule has 0 aliphatic carbocycles. The fraction of sp³-hybridized carbons (Fsp3) is 0.200. The van der Waals surface area contributed by atoms with Crippen LogP contribution in [0.25, 0.3) is 22.8 Å². The molecule has 4 aromatic rings. The van der Waals surface area contributed by atoms with Crippen LogP contribution >= 0.6 is 15.9 Å². The Morgan fingerprint density at radius 1 is 0.886 bits per heavy atom. The minimum Gasteiger partial charge on any atom is -0.353 e. The maximum atomic E-state index is 13.5. The first-order valence-corrected chi connectivity index (χ1v) is 11.9. The average molecular weight is 539 g/mol. The van der Waals surface area contributed by atoms with Crippen molar-refractivity contribution in [1.82, 2.24) is 24.6 Å². The van der Waals surface area contributed by atoms with Crippen molar-refractivity contribution < 1.29 is 13.6 Å². The molecule has 5 rings (SSSR count). The first-order valence-electron chi connectivity index (χ1n) is 11.1. The molecule has 1 aliphatic rings. The summed E-state index contributed by atoms with van der Waals surface area (Å²) in [6.45, 7) is 2.42. The predicted octanol–water partition coefficient (Wildman–Crippen LogP) is 4.40. The number of carbonyl (C=O) groups is 1. The molecule has 0 atom stereocenters. The van der Waals surface area contributed by atoms with Crippen molar-refractivity contribution in [3.63, 3.8) is 0 Å². The highest BCUT2D eigenvalue weighted by Gasteiger charge is 2.24. The highest BCUT2D eigenvalue weighted by atomic mass is 79.9.